The number of rotatable bonds is 7. The Morgan fingerprint density at radius 2 is 1.91 bits per heavy atom. The lowest BCUT2D eigenvalue weighted by atomic mass is 9.68. The van der Waals surface area contributed by atoms with E-state index in [-0.39, 0.29) is 24.6 Å². The fourth-order valence-corrected chi connectivity index (χ4v) is 5.24. The number of nitrogens with one attached hydrogen (secondary N) is 1. The van der Waals surface area contributed by atoms with E-state index in [4.69, 9.17) is 18.9 Å². The van der Waals surface area contributed by atoms with Crippen molar-refractivity contribution >= 4 is 27.7 Å². The van der Waals surface area contributed by atoms with Gasteiger partial charge in [0.1, 0.15) is 6.61 Å². The molecule has 0 amide bonds. The molecule has 7 nitrogen and oxygen atoms in total. The van der Waals surface area contributed by atoms with Crippen LogP contribution in [-0.2, 0) is 19.1 Å². The van der Waals surface area contributed by atoms with Crippen LogP contribution in [0.5, 0.6) is 11.5 Å². The van der Waals surface area contributed by atoms with E-state index < -0.39 is 11.9 Å². The summed E-state index contributed by atoms with van der Waals surface area (Å²) in [5.41, 5.74) is 3.22. The molecule has 1 atom stereocenters. The van der Waals surface area contributed by atoms with Gasteiger partial charge in [0.05, 0.1) is 12.2 Å². The van der Waals surface area contributed by atoms with E-state index in [0.717, 1.165) is 28.6 Å². The number of allylic oxidation sites excluding steroid dienone is 3. The maximum absolute atomic E-state index is 13.4. The van der Waals surface area contributed by atoms with Crippen LogP contribution in [0.1, 0.15) is 58.4 Å². The highest BCUT2D eigenvalue weighted by Crippen LogP contribution is 2.50. The SMILES string of the molecule is CCCOCCOC(=O)C1=C(C)NC2=C(C(=O)CC(C)(C)C2)[C@H]1c1cc2c(cc1Br)OCO2. The molecule has 1 aliphatic carbocycles. The lowest BCUT2D eigenvalue weighted by Gasteiger charge is -2.39. The van der Waals surface area contributed by atoms with E-state index in [2.05, 4.69) is 35.1 Å². The summed E-state index contributed by atoms with van der Waals surface area (Å²) in [4.78, 5) is 26.7. The molecule has 3 aliphatic rings. The van der Waals surface area contributed by atoms with Crippen molar-refractivity contribution in [3.05, 3.63) is 44.7 Å². The van der Waals surface area contributed by atoms with E-state index >= 15 is 0 Å². The third kappa shape index (κ3) is 4.82. The maximum atomic E-state index is 13.4. The van der Waals surface area contributed by atoms with Crippen molar-refractivity contribution in [3.8, 4) is 11.5 Å². The fourth-order valence-electron chi connectivity index (χ4n) is 4.69. The summed E-state index contributed by atoms with van der Waals surface area (Å²) in [6, 6.07) is 3.68. The third-order valence-corrected chi connectivity index (χ3v) is 6.76. The summed E-state index contributed by atoms with van der Waals surface area (Å²) in [7, 11) is 0. The Bertz CT molecular complexity index is 1040. The largest absolute Gasteiger partial charge is 0.460 e. The van der Waals surface area contributed by atoms with Gasteiger partial charge >= 0.3 is 5.97 Å². The number of ketones is 1. The molecule has 8 heteroatoms. The molecule has 4 rings (SSSR count). The fraction of sp³-hybridized carbons (Fsp3) is 0.520. The molecule has 2 aliphatic heterocycles. The Kier molecular flexibility index (Phi) is 6.86. The van der Waals surface area contributed by atoms with Gasteiger partial charge in [0.15, 0.2) is 17.3 Å². The molecule has 1 aromatic carbocycles. The number of ether oxygens (including phenoxy) is 4. The Balaban J connectivity index is 1.74. The average Bonchev–Trinajstić information content (AvgIpc) is 3.18. The Morgan fingerprint density at radius 1 is 1.18 bits per heavy atom. The minimum Gasteiger partial charge on any atom is -0.460 e. The van der Waals surface area contributed by atoms with Crippen LogP contribution in [0.4, 0.5) is 0 Å². The second-order valence-corrected chi connectivity index (χ2v) is 10.3. The molecule has 178 valence electrons. The molecule has 0 saturated carbocycles. The predicted molar refractivity (Wildman–Crippen MR) is 126 cm³/mol. The highest BCUT2D eigenvalue weighted by Gasteiger charge is 2.44. The third-order valence-electron chi connectivity index (χ3n) is 6.07. The number of hydrogen-bond donors (Lipinski definition) is 1. The van der Waals surface area contributed by atoms with Gasteiger partial charge < -0.3 is 24.3 Å². The summed E-state index contributed by atoms with van der Waals surface area (Å²) in [5, 5.41) is 3.35. The lowest BCUT2D eigenvalue weighted by Crippen LogP contribution is -2.39. The number of fused-ring (bicyclic) bond motifs is 1. The number of halogens is 1. The predicted octanol–water partition coefficient (Wildman–Crippen LogP) is 4.75. The van der Waals surface area contributed by atoms with Crippen molar-refractivity contribution in [1.82, 2.24) is 5.32 Å². The minimum absolute atomic E-state index is 0.0346. The van der Waals surface area contributed by atoms with Gasteiger partial charge in [0.2, 0.25) is 6.79 Å². The first kappa shape index (κ1) is 23.8. The molecule has 0 aromatic heterocycles. The van der Waals surface area contributed by atoms with Gasteiger partial charge in [-0.15, -0.1) is 0 Å². The van der Waals surface area contributed by atoms with Gasteiger partial charge in [-0.1, -0.05) is 36.7 Å². The number of carbonyl (C=O) groups excluding carboxylic acids is 2. The number of Topliss-reactive ketones (excluding diaryl/α,β-unsaturated/α-hetero) is 1. The maximum Gasteiger partial charge on any atom is 0.336 e. The summed E-state index contributed by atoms with van der Waals surface area (Å²) in [6.07, 6.45) is 2.04. The van der Waals surface area contributed by atoms with Crippen molar-refractivity contribution in [3.63, 3.8) is 0 Å². The molecule has 0 saturated heterocycles. The molecule has 0 radical (unpaired) electrons. The molecule has 0 unspecified atom stereocenters. The first-order valence-corrected chi connectivity index (χ1v) is 12.1. The van der Waals surface area contributed by atoms with Crippen LogP contribution in [0.3, 0.4) is 0 Å². The van der Waals surface area contributed by atoms with E-state index in [1.165, 1.54) is 0 Å². The first-order valence-electron chi connectivity index (χ1n) is 11.3. The van der Waals surface area contributed by atoms with E-state index in [1.54, 1.807) is 0 Å². The van der Waals surface area contributed by atoms with Gasteiger partial charge in [-0.3, -0.25) is 4.79 Å². The molecule has 0 fully saturated rings. The molecule has 0 spiro atoms. The van der Waals surface area contributed by atoms with Gasteiger partial charge in [-0.05, 0) is 42.9 Å². The first-order chi connectivity index (χ1) is 15.7. The van der Waals surface area contributed by atoms with Crippen LogP contribution in [0.2, 0.25) is 0 Å². The topological polar surface area (TPSA) is 83.1 Å². The molecular weight excluding hydrogens is 490 g/mol. The Labute approximate surface area is 202 Å². The molecule has 1 aromatic rings. The highest BCUT2D eigenvalue weighted by atomic mass is 79.9. The van der Waals surface area contributed by atoms with Crippen LogP contribution in [0, 0.1) is 5.41 Å². The Morgan fingerprint density at radius 3 is 2.64 bits per heavy atom. The number of esters is 1. The monoisotopic (exact) mass is 519 g/mol. The van der Waals surface area contributed by atoms with E-state index in [9.17, 15) is 9.59 Å². The van der Waals surface area contributed by atoms with E-state index in [0.29, 0.717) is 48.0 Å². The van der Waals surface area contributed by atoms with Crippen LogP contribution in [-0.4, -0.2) is 38.4 Å². The standard InChI is InChI=1S/C25H30BrNO6/c1-5-6-30-7-8-31-24(29)21-14(2)27-17-11-25(3,4)12-18(28)23(17)22(21)15-9-19-20(10-16(15)26)33-13-32-19/h9-10,22,27H,5-8,11-13H2,1-4H3/t22-/m0/s1. The summed E-state index contributed by atoms with van der Waals surface area (Å²) in [6.45, 7) is 9.29. The highest BCUT2D eigenvalue weighted by molar-refractivity contribution is 9.10. The van der Waals surface area contributed by atoms with Gasteiger partial charge in [0.25, 0.3) is 0 Å². The Hall–Kier alpha value is -2.32. The molecule has 33 heavy (non-hydrogen) atoms. The van der Waals surface area contributed by atoms with Crippen LogP contribution in [0.15, 0.2) is 39.1 Å². The van der Waals surface area contributed by atoms with Gasteiger partial charge in [-0.2, -0.15) is 0 Å². The summed E-state index contributed by atoms with van der Waals surface area (Å²) >= 11 is 3.64. The lowest BCUT2D eigenvalue weighted by molar-refractivity contribution is -0.141. The zero-order valence-corrected chi connectivity index (χ0v) is 21.1. The molecule has 1 N–H and O–H groups in total. The smallest absolute Gasteiger partial charge is 0.336 e. The second-order valence-electron chi connectivity index (χ2n) is 9.41. The molecule has 0 bridgehead atoms. The zero-order chi connectivity index (χ0) is 23.8. The van der Waals surface area contributed by atoms with Crippen LogP contribution < -0.4 is 14.8 Å². The number of carbonyl (C=O) groups is 2. The number of dihydropyridines is 1. The molecule has 2 heterocycles. The van der Waals surface area contributed by atoms with Crippen molar-refractivity contribution in [2.75, 3.05) is 26.6 Å². The van der Waals surface area contributed by atoms with Crippen molar-refractivity contribution in [2.24, 2.45) is 5.41 Å². The van der Waals surface area contributed by atoms with Crippen LogP contribution in [0.25, 0.3) is 0 Å². The summed E-state index contributed by atoms with van der Waals surface area (Å²) < 4.78 is 22.9. The average molecular weight is 520 g/mol. The van der Waals surface area contributed by atoms with Gasteiger partial charge in [0, 0.05) is 40.4 Å². The van der Waals surface area contributed by atoms with Crippen LogP contribution >= 0.6 is 15.9 Å². The minimum atomic E-state index is -0.571. The van der Waals surface area contributed by atoms with Gasteiger partial charge in [-0.25, -0.2) is 4.79 Å². The van der Waals surface area contributed by atoms with Crippen molar-refractivity contribution in [2.45, 2.75) is 52.9 Å². The zero-order valence-electron chi connectivity index (χ0n) is 19.5. The second kappa shape index (κ2) is 9.50. The normalized spacial score (nSPS) is 21.1. The van der Waals surface area contributed by atoms with E-state index in [1.807, 2.05) is 26.0 Å². The van der Waals surface area contributed by atoms with Crippen molar-refractivity contribution in [1.29, 1.82) is 0 Å². The molecular formula is C25H30BrNO6. The van der Waals surface area contributed by atoms with Crippen molar-refractivity contribution < 1.29 is 28.5 Å². The number of hydrogen-bond acceptors (Lipinski definition) is 7. The number of benzene rings is 1. The summed E-state index contributed by atoms with van der Waals surface area (Å²) in [5.74, 6) is 0.225. The quantitative estimate of drug-likeness (QED) is 0.411.